The normalized spacial score (nSPS) is 19.4. The van der Waals surface area contributed by atoms with Crippen LogP contribution in [0.5, 0.6) is 0 Å². The van der Waals surface area contributed by atoms with Crippen molar-refractivity contribution in [3.8, 4) is 0 Å². The maximum Gasteiger partial charge on any atom is 0.315 e. The van der Waals surface area contributed by atoms with E-state index in [1.165, 1.54) is 6.42 Å². The average Bonchev–Trinajstić information content (AvgIpc) is 4.19. The van der Waals surface area contributed by atoms with Crippen molar-refractivity contribution in [3.05, 3.63) is 36.2 Å². The molecule has 414 valence electrons. The van der Waals surface area contributed by atoms with Crippen LogP contribution in [-0.2, 0) is 57.3 Å². The van der Waals surface area contributed by atoms with E-state index in [-0.39, 0.29) is 40.8 Å². The summed E-state index contributed by atoms with van der Waals surface area (Å²) in [4.78, 5) is 47.3. The number of carbonyl (C=O) groups excluding carboxylic acids is 4. The average molecular weight is 1040 g/mol. The van der Waals surface area contributed by atoms with Crippen LogP contribution in [0.1, 0.15) is 175 Å². The molecule has 5 rings (SSSR count). The number of esters is 1. The SMILES string of the molecule is C=C1N[C@H]2[C@H](CS[C@@H]2CCCCC(=O)CCCCCCOC(=O)CCCCCn2cc(C(C)(C)C)nn2)N1.C[C@@H]1NC(=O)N[C@@H]1CCCCCC(=O)NCCOCCOCCOCCn1cc(C(C)(C)C)nn1. The number of carbonyl (C=O) groups is 4. The molecular weight excluding hydrogens is 951 g/mol. The Kier molecular flexibility index (Phi) is 28.2. The van der Waals surface area contributed by atoms with Crippen LogP contribution < -0.4 is 26.6 Å². The molecule has 73 heavy (non-hydrogen) atoms. The Bertz CT molecular complexity index is 1920. The summed E-state index contributed by atoms with van der Waals surface area (Å²) in [6.45, 7) is 24.2. The van der Waals surface area contributed by atoms with E-state index in [0.717, 1.165) is 113 Å². The van der Waals surface area contributed by atoms with Gasteiger partial charge in [0, 0.05) is 79.0 Å². The third-order valence-corrected chi connectivity index (χ3v) is 14.7. The maximum atomic E-state index is 12.2. The van der Waals surface area contributed by atoms with Gasteiger partial charge in [0.1, 0.15) is 5.78 Å². The number of ether oxygens (including phenoxy) is 4. The number of aromatic nitrogens is 6. The van der Waals surface area contributed by atoms with Gasteiger partial charge in [-0.1, -0.05) is 97.1 Å². The van der Waals surface area contributed by atoms with Gasteiger partial charge in [0.25, 0.3) is 0 Å². The Hall–Kier alpha value is -4.27. The van der Waals surface area contributed by atoms with Crippen molar-refractivity contribution in [1.82, 2.24) is 56.6 Å². The number of nitrogens with zero attached hydrogens (tertiary/aromatic N) is 6. The second kappa shape index (κ2) is 33.6. The predicted molar refractivity (Wildman–Crippen MR) is 286 cm³/mol. The zero-order valence-electron chi connectivity index (χ0n) is 45.6. The number of rotatable bonds is 36. The lowest BCUT2D eigenvalue weighted by Crippen LogP contribution is -2.36. The lowest BCUT2D eigenvalue weighted by molar-refractivity contribution is -0.144. The summed E-state index contributed by atoms with van der Waals surface area (Å²) in [5.74, 6) is 2.43. The number of fused-ring (bicyclic) bond motifs is 1. The van der Waals surface area contributed by atoms with Gasteiger partial charge in [-0.05, 0) is 58.3 Å². The summed E-state index contributed by atoms with van der Waals surface area (Å²) in [5.41, 5.74) is 1.98. The molecule has 5 N–H and O–H groups in total. The van der Waals surface area contributed by atoms with E-state index < -0.39 is 0 Å². The van der Waals surface area contributed by atoms with E-state index in [9.17, 15) is 19.2 Å². The summed E-state index contributed by atoms with van der Waals surface area (Å²) in [7, 11) is 0. The van der Waals surface area contributed by atoms with Crippen molar-refractivity contribution in [2.24, 2.45) is 0 Å². The molecule has 0 aliphatic carbocycles. The van der Waals surface area contributed by atoms with Crippen LogP contribution in [-0.4, -0.2) is 142 Å². The van der Waals surface area contributed by atoms with Crippen molar-refractivity contribution >= 4 is 35.5 Å². The predicted octanol–water partition coefficient (Wildman–Crippen LogP) is 7.04. The lowest BCUT2D eigenvalue weighted by atomic mass is 9.93. The first-order valence-electron chi connectivity index (χ1n) is 27.4. The van der Waals surface area contributed by atoms with E-state index in [0.29, 0.717) is 108 Å². The quantitative estimate of drug-likeness (QED) is 0.0341. The Balaban J connectivity index is 0.000000318. The second-order valence-electron chi connectivity index (χ2n) is 21.8. The summed E-state index contributed by atoms with van der Waals surface area (Å²) in [6, 6.07) is 1.29. The van der Waals surface area contributed by atoms with Crippen molar-refractivity contribution in [2.75, 3.05) is 58.5 Å². The number of unbranched alkanes of at least 4 members (excludes halogenated alkanes) is 8. The van der Waals surface area contributed by atoms with Gasteiger partial charge in [0.05, 0.1) is 88.1 Å². The molecule has 3 saturated heterocycles. The van der Waals surface area contributed by atoms with Crippen LogP contribution in [0.3, 0.4) is 0 Å². The van der Waals surface area contributed by atoms with E-state index in [1.54, 1.807) is 4.68 Å². The Labute approximate surface area is 440 Å². The number of urea groups is 1. The van der Waals surface area contributed by atoms with Gasteiger partial charge in [-0.2, -0.15) is 11.8 Å². The number of aryl methyl sites for hydroxylation is 1. The molecular formula is C53H93N11O8S. The molecule has 5 atom stereocenters. The van der Waals surface area contributed by atoms with Crippen molar-refractivity contribution in [1.29, 1.82) is 0 Å². The molecule has 0 bridgehead atoms. The minimum Gasteiger partial charge on any atom is -0.466 e. The molecule has 2 aromatic rings. The molecule has 0 unspecified atom stereocenters. The summed E-state index contributed by atoms with van der Waals surface area (Å²) in [5, 5.41) is 32.9. The zero-order chi connectivity index (χ0) is 52.9. The minimum absolute atomic E-state index is 0.00464. The largest absolute Gasteiger partial charge is 0.466 e. The Morgan fingerprint density at radius 2 is 1.25 bits per heavy atom. The molecule has 0 aromatic carbocycles. The summed E-state index contributed by atoms with van der Waals surface area (Å²) < 4.78 is 25.6. The third-order valence-electron chi connectivity index (χ3n) is 13.2. The molecule has 20 heteroatoms. The van der Waals surface area contributed by atoms with E-state index >= 15 is 0 Å². The van der Waals surface area contributed by atoms with Gasteiger partial charge in [0.2, 0.25) is 5.91 Å². The number of hydrogen-bond donors (Lipinski definition) is 5. The Morgan fingerprint density at radius 3 is 1.90 bits per heavy atom. The van der Waals surface area contributed by atoms with Crippen molar-refractivity contribution in [3.63, 3.8) is 0 Å². The van der Waals surface area contributed by atoms with Crippen LogP contribution in [0.4, 0.5) is 4.79 Å². The van der Waals surface area contributed by atoms with Gasteiger partial charge in [-0.15, -0.1) is 10.2 Å². The highest BCUT2D eigenvalue weighted by Crippen LogP contribution is 2.34. The summed E-state index contributed by atoms with van der Waals surface area (Å²) in [6.07, 6.45) is 20.0. The molecule has 3 fully saturated rings. The molecule has 0 saturated carbocycles. The number of thioether (sulfide) groups is 1. The standard InChI is InChI=1S/C29H49N5O3S.C24H44N6O5/c1-22-30-24-21-38-25(28(24)31-22)16-11-10-15-23(35)14-8-5-6-13-19-37-27(36)17-9-7-12-18-34-20-26(32-33-34)29(2,3)4;1-19-20(27-23(32)26-19)8-6-5-7-9-22(31)25-10-12-33-14-16-35-17-15-34-13-11-30-18-21(28-29-30)24(2,3)4/h20,24-25,28,30-31H,1,5-19,21H2,2-4H3;18-20H,5-17H2,1-4H3,(H,25,31)(H2,26,27,32)/t24-,25+,28-;19-,20+/m00/s1. The smallest absolute Gasteiger partial charge is 0.315 e. The number of hydrogen-bond acceptors (Lipinski definition) is 15. The summed E-state index contributed by atoms with van der Waals surface area (Å²) >= 11 is 2.04. The molecule has 3 aliphatic rings. The fourth-order valence-corrected chi connectivity index (χ4v) is 10.2. The maximum absolute atomic E-state index is 12.2. The highest BCUT2D eigenvalue weighted by Gasteiger charge is 2.40. The zero-order valence-corrected chi connectivity index (χ0v) is 46.4. The molecule has 5 heterocycles. The highest BCUT2D eigenvalue weighted by molar-refractivity contribution is 8.00. The van der Waals surface area contributed by atoms with Crippen LogP contribution in [0, 0.1) is 0 Å². The fraction of sp³-hybridized carbons (Fsp3) is 0.811. The number of Topliss-reactive ketones (excluding diaryl/α,β-unsaturated/α-hetero) is 1. The first kappa shape index (κ1) is 61.3. The highest BCUT2D eigenvalue weighted by atomic mass is 32.2. The van der Waals surface area contributed by atoms with E-state index in [1.807, 2.05) is 35.8 Å². The molecule has 3 aliphatic heterocycles. The van der Waals surface area contributed by atoms with Crippen LogP contribution in [0.2, 0.25) is 0 Å². The minimum atomic E-state index is -0.104. The van der Waals surface area contributed by atoms with Crippen molar-refractivity contribution in [2.45, 2.75) is 217 Å². The lowest BCUT2D eigenvalue weighted by Gasteiger charge is -2.17. The van der Waals surface area contributed by atoms with Gasteiger partial charge in [0.15, 0.2) is 0 Å². The van der Waals surface area contributed by atoms with Gasteiger partial charge >= 0.3 is 12.0 Å². The molecule has 0 spiro atoms. The monoisotopic (exact) mass is 1040 g/mol. The van der Waals surface area contributed by atoms with Crippen LogP contribution >= 0.6 is 11.8 Å². The van der Waals surface area contributed by atoms with E-state index in [4.69, 9.17) is 18.9 Å². The molecule has 3 amide bonds. The second-order valence-corrected chi connectivity index (χ2v) is 23.1. The Morgan fingerprint density at radius 1 is 0.671 bits per heavy atom. The third kappa shape index (κ3) is 25.7. The topological polar surface area (TPSA) is 227 Å². The van der Waals surface area contributed by atoms with Crippen LogP contribution in [0.25, 0.3) is 0 Å². The molecule has 0 radical (unpaired) electrons. The number of nitrogens with one attached hydrogen (secondary N) is 5. The van der Waals surface area contributed by atoms with E-state index in [2.05, 4.69) is 95.3 Å². The number of ketones is 1. The first-order valence-corrected chi connectivity index (χ1v) is 28.4. The van der Waals surface area contributed by atoms with Gasteiger partial charge in [-0.25, -0.2) is 9.48 Å². The molecule has 19 nitrogen and oxygen atoms in total. The van der Waals surface area contributed by atoms with Crippen molar-refractivity contribution < 1.29 is 38.1 Å². The fourth-order valence-electron chi connectivity index (χ4n) is 8.64. The van der Waals surface area contributed by atoms with Crippen LogP contribution in [0.15, 0.2) is 24.8 Å². The number of amides is 3. The van der Waals surface area contributed by atoms with Gasteiger partial charge in [-0.3, -0.25) is 19.1 Å². The first-order chi connectivity index (χ1) is 35.0. The molecule has 2 aromatic heterocycles. The van der Waals surface area contributed by atoms with Gasteiger partial charge < -0.3 is 45.5 Å².